The van der Waals surface area contributed by atoms with Crippen LogP contribution in [0.5, 0.6) is 0 Å². The zero-order chi connectivity index (χ0) is 35.8. The maximum atomic E-state index is 5.74. The first-order chi connectivity index (χ1) is 27.3. The molecule has 0 amide bonds. The highest BCUT2D eigenvalue weighted by Crippen LogP contribution is 2.67. The van der Waals surface area contributed by atoms with Crippen LogP contribution in [0.25, 0.3) is 99.6 Å². The lowest BCUT2D eigenvalue weighted by Crippen LogP contribution is -2.26. The van der Waals surface area contributed by atoms with E-state index in [4.69, 9.17) is 9.97 Å². The topological polar surface area (TPSA) is 25.8 Å². The molecule has 0 bridgehead atoms. The number of benzene rings is 9. The molecule has 9 aromatic carbocycles. The Bertz CT molecular complexity index is 3280. The van der Waals surface area contributed by atoms with Gasteiger partial charge in [0.25, 0.3) is 0 Å². The van der Waals surface area contributed by atoms with Crippen LogP contribution in [0.3, 0.4) is 0 Å². The van der Waals surface area contributed by atoms with Crippen LogP contribution in [-0.2, 0) is 5.41 Å². The van der Waals surface area contributed by atoms with Crippen molar-refractivity contribution in [2.24, 2.45) is 0 Å². The molecule has 1 aromatic heterocycles. The summed E-state index contributed by atoms with van der Waals surface area (Å²) in [7, 11) is 0. The third-order valence-corrected chi connectivity index (χ3v) is 12.6. The minimum absolute atomic E-state index is 0.499. The number of hydrogen-bond acceptors (Lipinski definition) is 2. The molecule has 1 spiro atoms. The predicted octanol–water partition coefficient (Wildman–Crippen LogP) is 13.3. The van der Waals surface area contributed by atoms with Crippen molar-refractivity contribution in [1.82, 2.24) is 9.97 Å². The molecule has 1 heterocycles. The zero-order valence-corrected chi connectivity index (χ0v) is 29.7. The van der Waals surface area contributed by atoms with E-state index in [9.17, 15) is 0 Å². The summed E-state index contributed by atoms with van der Waals surface area (Å²) in [5.41, 5.74) is 18.9. The Morgan fingerprint density at radius 1 is 0.327 bits per heavy atom. The van der Waals surface area contributed by atoms with Gasteiger partial charge in [-0.1, -0.05) is 170 Å². The van der Waals surface area contributed by atoms with Crippen molar-refractivity contribution in [2.75, 3.05) is 0 Å². The minimum atomic E-state index is -0.499. The van der Waals surface area contributed by atoms with Crippen molar-refractivity contribution in [1.29, 1.82) is 0 Å². The highest BCUT2D eigenvalue weighted by atomic mass is 14.9. The molecule has 0 fully saturated rings. The fourth-order valence-electron chi connectivity index (χ4n) is 10.6. The van der Waals surface area contributed by atoms with Crippen LogP contribution in [0, 0.1) is 0 Å². The van der Waals surface area contributed by atoms with Gasteiger partial charge < -0.3 is 0 Å². The normalized spacial score (nSPS) is 13.6. The molecule has 55 heavy (non-hydrogen) atoms. The smallest absolute Gasteiger partial charge is 0.161 e. The molecule has 0 radical (unpaired) electrons. The SMILES string of the molecule is c1ccc2c(c1)-c1ccccc1C21c2ccccc2-c2c1cc1c(c2-c2nc(-c3cccc4ccccc34)c3ccccc3n2)-c2cccc3cccc-1c23. The summed E-state index contributed by atoms with van der Waals surface area (Å²) in [6.07, 6.45) is 0. The Morgan fingerprint density at radius 2 is 0.873 bits per heavy atom. The van der Waals surface area contributed by atoms with E-state index in [1.807, 2.05) is 0 Å². The first-order valence-corrected chi connectivity index (χ1v) is 19.1. The fourth-order valence-corrected chi connectivity index (χ4v) is 10.6. The predicted molar refractivity (Wildman–Crippen MR) is 226 cm³/mol. The lowest BCUT2D eigenvalue weighted by molar-refractivity contribution is 0.794. The van der Waals surface area contributed by atoms with Gasteiger partial charge in [-0.15, -0.1) is 0 Å². The van der Waals surface area contributed by atoms with Crippen molar-refractivity contribution in [3.8, 4) is 67.2 Å². The molecule has 2 heteroatoms. The molecule has 3 aliphatic rings. The van der Waals surface area contributed by atoms with Crippen molar-refractivity contribution in [2.45, 2.75) is 5.41 Å². The molecule has 10 aromatic rings. The van der Waals surface area contributed by atoms with Crippen molar-refractivity contribution in [3.05, 3.63) is 204 Å². The molecule has 0 N–H and O–H groups in total. The average Bonchev–Trinajstić information content (AvgIpc) is 3.85. The number of nitrogens with zero attached hydrogens (tertiary/aromatic N) is 2. The summed E-state index contributed by atoms with van der Waals surface area (Å²) in [5, 5.41) is 5.98. The van der Waals surface area contributed by atoms with Crippen LogP contribution in [0.4, 0.5) is 0 Å². The Kier molecular flexibility index (Phi) is 5.59. The monoisotopic (exact) mass is 694 g/mol. The van der Waals surface area contributed by atoms with Crippen molar-refractivity contribution in [3.63, 3.8) is 0 Å². The number of aromatic nitrogens is 2. The van der Waals surface area contributed by atoms with E-state index in [0.29, 0.717) is 0 Å². The largest absolute Gasteiger partial charge is 0.228 e. The van der Waals surface area contributed by atoms with Crippen LogP contribution < -0.4 is 0 Å². The molecule has 0 saturated heterocycles. The van der Waals surface area contributed by atoms with Crippen molar-refractivity contribution >= 4 is 32.4 Å². The molecule has 0 atom stereocenters. The van der Waals surface area contributed by atoms with Gasteiger partial charge in [0, 0.05) is 22.1 Å². The highest BCUT2D eigenvalue weighted by Gasteiger charge is 2.53. The van der Waals surface area contributed by atoms with Gasteiger partial charge in [0.05, 0.1) is 16.6 Å². The van der Waals surface area contributed by atoms with Gasteiger partial charge in [-0.25, -0.2) is 9.97 Å². The van der Waals surface area contributed by atoms with Crippen LogP contribution in [0.2, 0.25) is 0 Å². The van der Waals surface area contributed by atoms with Gasteiger partial charge in [0.2, 0.25) is 0 Å². The van der Waals surface area contributed by atoms with Gasteiger partial charge in [0.15, 0.2) is 5.82 Å². The van der Waals surface area contributed by atoms with Crippen LogP contribution in [-0.4, -0.2) is 9.97 Å². The molecule has 0 unspecified atom stereocenters. The molecule has 252 valence electrons. The van der Waals surface area contributed by atoms with Crippen LogP contribution in [0.15, 0.2) is 182 Å². The summed E-state index contributed by atoms with van der Waals surface area (Å²) >= 11 is 0. The van der Waals surface area contributed by atoms with E-state index >= 15 is 0 Å². The molecule has 3 aliphatic carbocycles. The van der Waals surface area contributed by atoms with Crippen LogP contribution >= 0.6 is 0 Å². The maximum absolute atomic E-state index is 5.74. The van der Waals surface area contributed by atoms with E-state index in [1.165, 1.54) is 88.3 Å². The lowest BCUT2D eigenvalue weighted by Gasteiger charge is -2.31. The second kappa shape index (κ2) is 10.5. The maximum Gasteiger partial charge on any atom is 0.161 e. The van der Waals surface area contributed by atoms with E-state index in [1.54, 1.807) is 0 Å². The Hall–Kier alpha value is -7.16. The van der Waals surface area contributed by atoms with E-state index < -0.39 is 5.41 Å². The molecule has 0 aliphatic heterocycles. The number of fused-ring (bicyclic) bond motifs is 15. The highest BCUT2D eigenvalue weighted by molar-refractivity contribution is 6.21. The molecular formula is C53H30N2. The number of hydrogen-bond donors (Lipinski definition) is 0. The van der Waals surface area contributed by atoms with Gasteiger partial charge in [-0.2, -0.15) is 0 Å². The summed E-state index contributed by atoms with van der Waals surface area (Å²) in [4.78, 5) is 11.3. The first kappa shape index (κ1) is 29.3. The number of rotatable bonds is 2. The Balaban J connectivity index is 1.24. The van der Waals surface area contributed by atoms with Gasteiger partial charge in [-0.3, -0.25) is 0 Å². The quantitative estimate of drug-likeness (QED) is 0.180. The Morgan fingerprint density at radius 3 is 1.64 bits per heavy atom. The van der Waals surface area contributed by atoms with Gasteiger partial charge in [-0.05, 0) is 94.9 Å². The number of para-hydroxylation sites is 1. The lowest BCUT2D eigenvalue weighted by atomic mass is 9.70. The average molecular weight is 695 g/mol. The molecule has 2 nitrogen and oxygen atoms in total. The first-order valence-electron chi connectivity index (χ1n) is 19.1. The summed E-state index contributed by atoms with van der Waals surface area (Å²) in [5.74, 6) is 0.756. The third-order valence-electron chi connectivity index (χ3n) is 12.6. The fraction of sp³-hybridized carbons (Fsp3) is 0.0189. The van der Waals surface area contributed by atoms with Gasteiger partial charge >= 0.3 is 0 Å². The minimum Gasteiger partial charge on any atom is -0.228 e. The molecule has 0 saturated carbocycles. The zero-order valence-electron chi connectivity index (χ0n) is 29.7. The molecule has 13 rings (SSSR count). The summed E-state index contributed by atoms with van der Waals surface area (Å²) < 4.78 is 0. The molecular weight excluding hydrogens is 665 g/mol. The second-order valence-electron chi connectivity index (χ2n) is 15.1. The second-order valence-corrected chi connectivity index (χ2v) is 15.1. The van der Waals surface area contributed by atoms with Crippen LogP contribution in [0.1, 0.15) is 22.3 Å². The van der Waals surface area contributed by atoms with Gasteiger partial charge in [0.1, 0.15) is 0 Å². The van der Waals surface area contributed by atoms with E-state index in [-0.39, 0.29) is 0 Å². The van der Waals surface area contributed by atoms with E-state index in [0.717, 1.165) is 33.5 Å². The van der Waals surface area contributed by atoms with E-state index in [2.05, 4.69) is 182 Å². The Labute approximate surface area is 318 Å². The third kappa shape index (κ3) is 3.60. The summed E-state index contributed by atoms with van der Waals surface area (Å²) in [6.45, 7) is 0. The summed E-state index contributed by atoms with van der Waals surface area (Å²) in [6, 6.07) is 66.9. The standard InChI is InChI=1S/C53H30N2/c1-2-18-33-31(14-1)15-11-24-37(33)51-39-22-6-10-29-46(39)54-52(55-51)50-48-40-25-13-17-32-16-12-23-36(47(32)40)41(48)30-45-49(50)38-21-5-9-28-44(38)53(45)42-26-7-3-19-34(42)35-20-4-8-27-43(35)53/h1-30H. The van der Waals surface area contributed by atoms with Crippen molar-refractivity contribution < 1.29 is 0 Å².